The maximum absolute atomic E-state index is 13.0. The molecule has 0 saturated carbocycles. The Labute approximate surface area is 170 Å². The van der Waals surface area contributed by atoms with Crippen LogP contribution >= 0.6 is 0 Å². The van der Waals surface area contributed by atoms with Crippen molar-refractivity contribution in [1.82, 2.24) is 10.2 Å². The topological polar surface area (TPSA) is 35.6 Å². The van der Waals surface area contributed by atoms with Crippen molar-refractivity contribution >= 4 is 11.6 Å². The van der Waals surface area contributed by atoms with E-state index in [4.69, 9.17) is 0 Å². The molecule has 0 bridgehead atoms. The standard InChI is InChI=1S/C24H37N3O/c1-2-3-9-24(28)27(22-8-6-16-25-18-22)21-12-10-19(11-13-21)23-15-14-20-7-4-5-17-26(20)23/h10-13,20,22-23,25H,2-9,14-18H2,1H3/t20-,22?,23+/m1/s1. The largest absolute Gasteiger partial charge is 0.315 e. The van der Waals surface area contributed by atoms with Crippen molar-refractivity contribution in [2.75, 3.05) is 24.5 Å². The lowest BCUT2D eigenvalue weighted by atomic mass is 10.0. The fraction of sp³-hybridized carbons (Fsp3) is 0.708. The molecule has 0 radical (unpaired) electrons. The fourth-order valence-electron chi connectivity index (χ4n) is 5.54. The minimum Gasteiger partial charge on any atom is -0.315 e. The highest BCUT2D eigenvalue weighted by Crippen LogP contribution is 2.40. The van der Waals surface area contributed by atoms with Gasteiger partial charge in [-0.1, -0.05) is 31.9 Å². The predicted octanol–water partition coefficient (Wildman–Crippen LogP) is 4.65. The quantitative estimate of drug-likeness (QED) is 0.776. The molecule has 1 aromatic rings. The molecule has 0 aromatic heterocycles. The van der Waals surface area contributed by atoms with Crippen molar-refractivity contribution in [2.24, 2.45) is 0 Å². The van der Waals surface area contributed by atoms with E-state index in [1.807, 2.05) is 0 Å². The van der Waals surface area contributed by atoms with E-state index in [0.717, 1.165) is 50.5 Å². The zero-order valence-electron chi connectivity index (χ0n) is 17.5. The van der Waals surface area contributed by atoms with Gasteiger partial charge in [0.2, 0.25) is 5.91 Å². The Hall–Kier alpha value is -1.39. The van der Waals surface area contributed by atoms with Crippen molar-refractivity contribution in [2.45, 2.75) is 89.3 Å². The third-order valence-corrected chi connectivity index (χ3v) is 7.05. The molecule has 1 aromatic carbocycles. The second kappa shape index (κ2) is 9.41. The Morgan fingerprint density at radius 3 is 2.71 bits per heavy atom. The number of carbonyl (C=O) groups is 1. The van der Waals surface area contributed by atoms with Gasteiger partial charge in [0.05, 0.1) is 0 Å². The highest BCUT2D eigenvalue weighted by molar-refractivity contribution is 5.94. The molecular weight excluding hydrogens is 346 g/mol. The molecule has 3 aliphatic rings. The average Bonchev–Trinajstić information content (AvgIpc) is 3.18. The van der Waals surface area contributed by atoms with E-state index in [1.165, 1.54) is 44.2 Å². The zero-order valence-corrected chi connectivity index (χ0v) is 17.5. The number of unbranched alkanes of at least 4 members (excludes halogenated alkanes) is 1. The van der Waals surface area contributed by atoms with E-state index in [0.29, 0.717) is 24.4 Å². The van der Waals surface area contributed by atoms with Gasteiger partial charge in [-0.25, -0.2) is 0 Å². The van der Waals surface area contributed by atoms with Crippen LogP contribution in [0.5, 0.6) is 0 Å². The van der Waals surface area contributed by atoms with Crippen LogP contribution in [-0.2, 0) is 4.79 Å². The molecule has 3 saturated heterocycles. The number of nitrogens with one attached hydrogen (secondary N) is 1. The van der Waals surface area contributed by atoms with Crippen molar-refractivity contribution in [3.05, 3.63) is 29.8 Å². The number of rotatable bonds is 6. The van der Waals surface area contributed by atoms with E-state index in [2.05, 4.69) is 46.3 Å². The van der Waals surface area contributed by atoms with Gasteiger partial charge >= 0.3 is 0 Å². The van der Waals surface area contributed by atoms with E-state index in [9.17, 15) is 4.79 Å². The van der Waals surface area contributed by atoms with Crippen LogP contribution in [0.15, 0.2) is 24.3 Å². The lowest BCUT2D eigenvalue weighted by molar-refractivity contribution is -0.119. The first-order valence-electron chi connectivity index (χ1n) is 11.7. The van der Waals surface area contributed by atoms with Crippen LogP contribution in [0.25, 0.3) is 0 Å². The number of piperidine rings is 2. The van der Waals surface area contributed by atoms with Crippen LogP contribution in [0.1, 0.15) is 82.7 Å². The Bertz CT molecular complexity index is 638. The van der Waals surface area contributed by atoms with Crippen molar-refractivity contribution in [3.8, 4) is 0 Å². The Morgan fingerprint density at radius 1 is 1.11 bits per heavy atom. The maximum Gasteiger partial charge on any atom is 0.227 e. The highest BCUT2D eigenvalue weighted by atomic mass is 16.2. The summed E-state index contributed by atoms with van der Waals surface area (Å²) in [5.74, 6) is 0.292. The summed E-state index contributed by atoms with van der Waals surface area (Å²) in [5.41, 5.74) is 2.53. The molecular formula is C24H37N3O. The number of hydrogen-bond donors (Lipinski definition) is 1. The second-order valence-electron chi connectivity index (χ2n) is 8.94. The van der Waals surface area contributed by atoms with Gasteiger partial charge in [-0.2, -0.15) is 0 Å². The van der Waals surface area contributed by atoms with E-state index in [1.54, 1.807) is 0 Å². The summed E-state index contributed by atoms with van der Waals surface area (Å²) < 4.78 is 0. The minimum atomic E-state index is 0.292. The minimum absolute atomic E-state index is 0.292. The fourth-order valence-corrected chi connectivity index (χ4v) is 5.54. The van der Waals surface area contributed by atoms with Crippen molar-refractivity contribution in [3.63, 3.8) is 0 Å². The van der Waals surface area contributed by atoms with Gasteiger partial charge in [0.25, 0.3) is 0 Å². The number of fused-ring (bicyclic) bond motifs is 1. The lowest BCUT2D eigenvalue weighted by Gasteiger charge is -2.36. The van der Waals surface area contributed by atoms with Crippen molar-refractivity contribution < 1.29 is 4.79 Å². The molecule has 1 N–H and O–H groups in total. The molecule has 4 rings (SSSR count). The number of benzene rings is 1. The van der Waals surface area contributed by atoms with Crippen LogP contribution in [0.2, 0.25) is 0 Å². The Kier molecular flexibility index (Phi) is 6.69. The summed E-state index contributed by atoms with van der Waals surface area (Å²) in [6, 6.07) is 10.7. The van der Waals surface area contributed by atoms with Crippen LogP contribution in [0, 0.1) is 0 Å². The number of nitrogens with zero attached hydrogens (tertiary/aromatic N) is 2. The molecule has 4 nitrogen and oxygen atoms in total. The molecule has 28 heavy (non-hydrogen) atoms. The summed E-state index contributed by atoms with van der Waals surface area (Å²) in [6.07, 6.45) is 11.7. The maximum atomic E-state index is 13.0. The second-order valence-corrected chi connectivity index (χ2v) is 8.94. The van der Waals surface area contributed by atoms with Crippen LogP contribution in [-0.4, -0.2) is 42.5 Å². The smallest absolute Gasteiger partial charge is 0.227 e. The third kappa shape index (κ3) is 4.28. The molecule has 3 fully saturated rings. The van der Waals surface area contributed by atoms with Gasteiger partial charge in [-0.05, 0) is 75.7 Å². The van der Waals surface area contributed by atoms with Gasteiger partial charge in [-0.3, -0.25) is 9.69 Å². The number of carbonyl (C=O) groups excluding carboxylic acids is 1. The first-order valence-corrected chi connectivity index (χ1v) is 11.7. The lowest BCUT2D eigenvalue weighted by Crippen LogP contribution is -2.49. The average molecular weight is 384 g/mol. The van der Waals surface area contributed by atoms with Crippen molar-refractivity contribution in [1.29, 1.82) is 0 Å². The van der Waals surface area contributed by atoms with Crippen LogP contribution in [0.4, 0.5) is 5.69 Å². The predicted molar refractivity (Wildman–Crippen MR) is 116 cm³/mol. The van der Waals surface area contributed by atoms with E-state index in [-0.39, 0.29) is 0 Å². The molecule has 0 spiro atoms. The van der Waals surface area contributed by atoms with Gasteiger partial charge in [0.1, 0.15) is 0 Å². The number of anilines is 1. The van der Waals surface area contributed by atoms with E-state index >= 15 is 0 Å². The van der Waals surface area contributed by atoms with Crippen LogP contribution in [0.3, 0.4) is 0 Å². The summed E-state index contributed by atoms with van der Waals surface area (Å²) >= 11 is 0. The highest BCUT2D eigenvalue weighted by Gasteiger charge is 2.35. The molecule has 3 heterocycles. The third-order valence-electron chi connectivity index (χ3n) is 7.05. The van der Waals surface area contributed by atoms with Gasteiger partial charge in [0.15, 0.2) is 0 Å². The molecule has 1 unspecified atom stereocenters. The van der Waals surface area contributed by atoms with E-state index < -0.39 is 0 Å². The van der Waals surface area contributed by atoms with Gasteiger partial charge < -0.3 is 10.2 Å². The molecule has 0 aliphatic carbocycles. The molecule has 154 valence electrons. The normalized spacial score (nSPS) is 28.1. The molecule has 3 atom stereocenters. The monoisotopic (exact) mass is 383 g/mol. The number of hydrogen-bond acceptors (Lipinski definition) is 3. The van der Waals surface area contributed by atoms with Crippen LogP contribution < -0.4 is 10.2 Å². The summed E-state index contributed by atoms with van der Waals surface area (Å²) in [7, 11) is 0. The summed E-state index contributed by atoms with van der Waals surface area (Å²) in [5, 5.41) is 3.48. The molecule has 4 heteroatoms. The SMILES string of the molecule is CCCCC(=O)N(c1ccc([C@@H]2CC[C@H]3CCCCN32)cc1)C1CCCNC1. The zero-order chi connectivity index (χ0) is 19.3. The Balaban J connectivity index is 1.51. The first kappa shape index (κ1) is 19.9. The summed E-state index contributed by atoms with van der Waals surface area (Å²) in [6.45, 7) is 5.40. The first-order chi connectivity index (χ1) is 13.8. The van der Waals surface area contributed by atoms with Gasteiger partial charge in [-0.15, -0.1) is 0 Å². The molecule has 1 amide bonds. The molecule has 3 aliphatic heterocycles. The Morgan fingerprint density at radius 2 is 1.96 bits per heavy atom. The van der Waals surface area contributed by atoms with Gasteiger partial charge in [0, 0.05) is 36.8 Å². The number of amides is 1. The summed E-state index contributed by atoms with van der Waals surface area (Å²) in [4.78, 5) is 17.9.